The third-order valence-electron chi connectivity index (χ3n) is 3.18. The van der Waals surface area contributed by atoms with Crippen LogP contribution in [0, 0.1) is 3.57 Å². The van der Waals surface area contributed by atoms with Gasteiger partial charge in [-0.2, -0.15) is 10.1 Å². The van der Waals surface area contributed by atoms with Crippen LogP contribution in [0.4, 0.5) is 0 Å². The first-order chi connectivity index (χ1) is 9.67. The molecule has 0 aliphatic rings. The lowest BCUT2D eigenvalue weighted by molar-refractivity contribution is 0.417. The van der Waals surface area contributed by atoms with Crippen molar-refractivity contribution in [1.29, 1.82) is 0 Å². The van der Waals surface area contributed by atoms with Crippen LogP contribution in [0.2, 0.25) is 0 Å². The lowest BCUT2D eigenvalue weighted by atomic mass is 10.2. The molecule has 0 saturated carbocycles. The van der Waals surface area contributed by atoms with E-state index in [9.17, 15) is 0 Å². The highest BCUT2D eigenvalue weighted by molar-refractivity contribution is 14.1. The maximum absolute atomic E-state index is 5.33. The average molecular weight is 383 g/mol. The van der Waals surface area contributed by atoms with Crippen molar-refractivity contribution in [1.82, 2.24) is 25.7 Å². The Morgan fingerprint density at radius 1 is 1.45 bits per heavy atom. The van der Waals surface area contributed by atoms with Gasteiger partial charge in [0.2, 0.25) is 0 Å². The molecule has 0 saturated heterocycles. The second-order valence-corrected chi connectivity index (χ2v) is 5.92. The topological polar surface area (TPSA) is 79.6 Å². The second-order valence-electron chi connectivity index (χ2n) is 4.67. The highest BCUT2D eigenvalue weighted by Gasteiger charge is 2.16. The van der Waals surface area contributed by atoms with E-state index < -0.39 is 0 Å². The van der Waals surface area contributed by atoms with Crippen LogP contribution in [0.3, 0.4) is 0 Å². The van der Waals surface area contributed by atoms with Gasteiger partial charge in [0, 0.05) is 21.4 Å². The van der Waals surface area contributed by atoms with E-state index in [4.69, 9.17) is 4.52 Å². The van der Waals surface area contributed by atoms with Gasteiger partial charge in [-0.05, 0) is 54.8 Å². The SMILES string of the molecule is CNC(C)Cc1noc(-c2n[nH]c3ccc(I)cc23)n1. The molecule has 1 aromatic carbocycles. The molecular weight excluding hydrogens is 369 g/mol. The molecule has 0 bridgehead atoms. The molecule has 2 heterocycles. The summed E-state index contributed by atoms with van der Waals surface area (Å²) in [5.74, 6) is 1.14. The Kier molecular flexibility index (Phi) is 3.70. The summed E-state index contributed by atoms with van der Waals surface area (Å²) in [7, 11) is 1.91. The van der Waals surface area contributed by atoms with Gasteiger partial charge in [0.25, 0.3) is 5.89 Å². The van der Waals surface area contributed by atoms with Gasteiger partial charge in [-0.1, -0.05) is 5.16 Å². The van der Waals surface area contributed by atoms with Gasteiger partial charge in [-0.3, -0.25) is 5.10 Å². The highest BCUT2D eigenvalue weighted by Crippen LogP contribution is 2.26. The van der Waals surface area contributed by atoms with Crippen LogP contribution in [0.5, 0.6) is 0 Å². The van der Waals surface area contributed by atoms with Gasteiger partial charge >= 0.3 is 0 Å². The fourth-order valence-corrected chi connectivity index (χ4v) is 2.45. The van der Waals surface area contributed by atoms with E-state index in [1.54, 1.807) is 0 Å². The molecule has 7 heteroatoms. The predicted octanol–water partition coefficient (Wildman–Crippen LogP) is 2.37. The van der Waals surface area contributed by atoms with Crippen molar-refractivity contribution in [2.45, 2.75) is 19.4 Å². The van der Waals surface area contributed by atoms with Gasteiger partial charge in [0.1, 0.15) is 0 Å². The molecule has 1 unspecified atom stereocenters. The number of hydrogen-bond acceptors (Lipinski definition) is 5. The van der Waals surface area contributed by atoms with E-state index >= 15 is 0 Å². The number of hydrogen-bond donors (Lipinski definition) is 2. The Bertz CT molecular complexity index is 735. The fourth-order valence-electron chi connectivity index (χ4n) is 1.96. The van der Waals surface area contributed by atoms with E-state index in [2.05, 4.69) is 61.2 Å². The molecule has 0 spiro atoms. The van der Waals surface area contributed by atoms with Crippen molar-refractivity contribution in [3.05, 3.63) is 27.6 Å². The summed E-state index contributed by atoms with van der Waals surface area (Å²) in [4.78, 5) is 4.42. The van der Waals surface area contributed by atoms with E-state index in [1.807, 2.05) is 19.2 Å². The van der Waals surface area contributed by atoms with Gasteiger partial charge < -0.3 is 9.84 Å². The standard InChI is InChI=1S/C13H14IN5O/c1-7(15-2)5-11-16-13(20-19-11)12-9-6-8(14)3-4-10(9)17-18-12/h3-4,6-7,15H,5H2,1-2H3,(H,17,18). The van der Waals surface area contributed by atoms with Crippen molar-refractivity contribution in [2.24, 2.45) is 0 Å². The van der Waals surface area contributed by atoms with Gasteiger partial charge in [0.15, 0.2) is 11.5 Å². The van der Waals surface area contributed by atoms with Crippen molar-refractivity contribution in [3.63, 3.8) is 0 Å². The van der Waals surface area contributed by atoms with Crippen LogP contribution in [0.1, 0.15) is 12.7 Å². The number of aromatic nitrogens is 4. The first-order valence-electron chi connectivity index (χ1n) is 6.31. The Labute approximate surface area is 129 Å². The first-order valence-corrected chi connectivity index (χ1v) is 7.39. The normalized spacial score (nSPS) is 12.9. The highest BCUT2D eigenvalue weighted by atomic mass is 127. The Morgan fingerprint density at radius 3 is 3.10 bits per heavy atom. The summed E-state index contributed by atoms with van der Waals surface area (Å²) in [6.07, 6.45) is 0.722. The number of halogens is 1. The van der Waals surface area contributed by atoms with Crippen LogP contribution in [0.15, 0.2) is 22.7 Å². The lowest BCUT2D eigenvalue weighted by Crippen LogP contribution is -2.24. The summed E-state index contributed by atoms with van der Waals surface area (Å²) in [6.45, 7) is 2.07. The molecule has 2 aromatic heterocycles. The third-order valence-corrected chi connectivity index (χ3v) is 3.85. The molecule has 0 amide bonds. The maximum atomic E-state index is 5.33. The van der Waals surface area contributed by atoms with Crippen LogP contribution < -0.4 is 5.32 Å². The van der Waals surface area contributed by atoms with Crippen LogP contribution >= 0.6 is 22.6 Å². The zero-order valence-corrected chi connectivity index (χ0v) is 13.3. The van der Waals surface area contributed by atoms with Gasteiger partial charge in [-0.15, -0.1) is 0 Å². The third kappa shape index (κ3) is 2.55. The summed E-state index contributed by atoms with van der Waals surface area (Å²) in [5, 5.41) is 15.4. The van der Waals surface area contributed by atoms with Crippen LogP contribution in [-0.2, 0) is 6.42 Å². The van der Waals surface area contributed by atoms with E-state index in [1.165, 1.54) is 0 Å². The minimum Gasteiger partial charge on any atom is -0.332 e. The van der Waals surface area contributed by atoms with Crippen molar-refractivity contribution >= 4 is 33.5 Å². The number of benzene rings is 1. The Hall–Kier alpha value is -1.48. The van der Waals surface area contributed by atoms with E-state index in [0.29, 0.717) is 23.5 Å². The summed E-state index contributed by atoms with van der Waals surface area (Å²) in [5.41, 5.74) is 1.66. The summed E-state index contributed by atoms with van der Waals surface area (Å²) < 4.78 is 6.47. The number of H-pyrrole nitrogens is 1. The molecule has 0 fully saturated rings. The number of rotatable bonds is 4. The Morgan fingerprint density at radius 2 is 2.30 bits per heavy atom. The molecular formula is C13H14IN5O. The molecule has 2 N–H and O–H groups in total. The summed E-state index contributed by atoms with van der Waals surface area (Å²) >= 11 is 2.27. The average Bonchev–Trinajstić information content (AvgIpc) is 3.04. The quantitative estimate of drug-likeness (QED) is 0.677. The largest absolute Gasteiger partial charge is 0.332 e. The number of aromatic amines is 1. The number of nitrogens with one attached hydrogen (secondary N) is 2. The lowest BCUT2D eigenvalue weighted by Gasteiger charge is -2.04. The van der Waals surface area contributed by atoms with Crippen molar-refractivity contribution in [3.8, 4) is 11.6 Å². The zero-order chi connectivity index (χ0) is 14.1. The van der Waals surface area contributed by atoms with E-state index in [-0.39, 0.29) is 0 Å². The molecule has 3 rings (SSSR count). The molecule has 0 aliphatic carbocycles. The van der Waals surface area contributed by atoms with E-state index in [0.717, 1.165) is 20.9 Å². The Balaban J connectivity index is 1.97. The predicted molar refractivity (Wildman–Crippen MR) is 84.3 cm³/mol. The number of likely N-dealkylation sites (N-methyl/N-ethyl adjacent to an activating group) is 1. The van der Waals surface area contributed by atoms with Crippen LogP contribution in [-0.4, -0.2) is 33.4 Å². The minimum atomic E-state index is 0.303. The van der Waals surface area contributed by atoms with Crippen LogP contribution in [0.25, 0.3) is 22.5 Å². The number of nitrogens with zero attached hydrogens (tertiary/aromatic N) is 3. The molecule has 0 radical (unpaired) electrons. The molecule has 20 heavy (non-hydrogen) atoms. The number of fused-ring (bicyclic) bond motifs is 1. The molecule has 104 valence electrons. The van der Waals surface area contributed by atoms with Crippen molar-refractivity contribution in [2.75, 3.05) is 7.05 Å². The maximum Gasteiger partial charge on any atom is 0.279 e. The van der Waals surface area contributed by atoms with Gasteiger partial charge in [-0.25, -0.2) is 0 Å². The molecule has 1 atom stereocenters. The first kappa shape index (κ1) is 13.5. The van der Waals surface area contributed by atoms with Crippen molar-refractivity contribution < 1.29 is 4.52 Å². The molecule has 0 aliphatic heterocycles. The molecule has 6 nitrogen and oxygen atoms in total. The summed E-state index contributed by atoms with van der Waals surface area (Å²) in [6, 6.07) is 6.37. The smallest absolute Gasteiger partial charge is 0.279 e. The second kappa shape index (κ2) is 5.49. The molecule has 3 aromatic rings. The van der Waals surface area contributed by atoms with Gasteiger partial charge in [0.05, 0.1) is 5.52 Å². The monoisotopic (exact) mass is 383 g/mol. The minimum absolute atomic E-state index is 0.303. The fraction of sp³-hybridized carbons (Fsp3) is 0.308. The zero-order valence-electron chi connectivity index (χ0n) is 11.1.